The highest BCUT2D eigenvalue weighted by atomic mass is 32.2. The van der Waals surface area contributed by atoms with Gasteiger partial charge in [-0.25, -0.2) is 8.42 Å². The Morgan fingerprint density at radius 2 is 1.37 bits per heavy atom. The highest BCUT2D eigenvalue weighted by Gasteiger charge is 2.17. The molecule has 2 aromatic carbocycles. The van der Waals surface area contributed by atoms with E-state index in [9.17, 15) is 13.2 Å². The van der Waals surface area contributed by atoms with Crippen LogP contribution in [0.1, 0.15) is 25.0 Å². The van der Waals surface area contributed by atoms with Gasteiger partial charge in [0.15, 0.2) is 0 Å². The lowest BCUT2D eigenvalue weighted by molar-refractivity contribution is -0.131. The van der Waals surface area contributed by atoms with E-state index in [4.69, 9.17) is 0 Å². The number of sulfone groups is 1. The predicted octanol–water partition coefficient (Wildman–Crippen LogP) is 3.13. The zero-order chi connectivity index (χ0) is 20.0. The van der Waals surface area contributed by atoms with Crippen LogP contribution in [0.15, 0.2) is 58.3 Å². The van der Waals surface area contributed by atoms with Gasteiger partial charge in [-0.1, -0.05) is 29.8 Å². The number of hydrogen-bond donors (Lipinski definition) is 0. The lowest BCUT2D eigenvalue weighted by Gasteiger charge is -2.23. The first-order valence-electron chi connectivity index (χ1n) is 9.15. The van der Waals surface area contributed by atoms with E-state index in [0.29, 0.717) is 31.1 Å². The molecule has 0 radical (unpaired) electrons. The summed E-state index contributed by atoms with van der Waals surface area (Å²) in [7, 11) is -1.63. The lowest BCUT2D eigenvalue weighted by Crippen LogP contribution is -2.38. The number of rotatable bonds is 8. The molecule has 0 saturated heterocycles. The summed E-state index contributed by atoms with van der Waals surface area (Å²) in [5, 5.41) is 0. The highest BCUT2D eigenvalue weighted by molar-refractivity contribution is 7.91. The fourth-order valence-electron chi connectivity index (χ4n) is 2.90. The van der Waals surface area contributed by atoms with Crippen LogP contribution in [0.25, 0.3) is 0 Å². The van der Waals surface area contributed by atoms with Crippen LogP contribution in [0.3, 0.4) is 0 Å². The molecule has 146 valence electrons. The van der Waals surface area contributed by atoms with E-state index in [2.05, 4.69) is 0 Å². The summed E-state index contributed by atoms with van der Waals surface area (Å²) < 4.78 is 25.4. The third-order valence-corrected chi connectivity index (χ3v) is 6.32. The Bertz CT molecular complexity index is 855. The van der Waals surface area contributed by atoms with E-state index in [1.807, 2.05) is 32.7 Å². The fraction of sp³-hybridized carbons (Fsp3) is 0.381. The second kappa shape index (κ2) is 9.15. The van der Waals surface area contributed by atoms with Crippen molar-refractivity contribution in [2.24, 2.45) is 0 Å². The summed E-state index contributed by atoms with van der Waals surface area (Å²) >= 11 is 0. The first-order chi connectivity index (χ1) is 12.8. The number of hydrogen-bond acceptors (Lipinski definition) is 4. The van der Waals surface area contributed by atoms with Crippen molar-refractivity contribution in [1.29, 1.82) is 0 Å². The van der Waals surface area contributed by atoms with Crippen LogP contribution in [0.5, 0.6) is 0 Å². The number of likely N-dealkylation sites (N-methyl/N-ethyl adjacent to an activating group) is 2. The molecule has 6 heteroatoms. The summed E-state index contributed by atoms with van der Waals surface area (Å²) in [6.07, 6.45) is 0. The standard InChI is InChI=1S/C21H28N2O3S/c1-5-23(6-2)21(24)16-22(4)15-18-9-13-20(14-10-18)27(25,26)19-11-7-17(3)8-12-19/h7-14H,5-6,15-16H2,1-4H3. The summed E-state index contributed by atoms with van der Waals surface area (Å²) in [4.78, 5) is 16.5. The van der Waals surface area contributed by atoms with Crippen LogP contribution in [-0.2, 0) is 21.2 Å². The molecule has 0 atom stereocenters. The number of carbonyl (C=O) groups is 1. The van der Waals surface area contributed by atoms with E-state index >= 15 is 0 Å². The van der Waals surface area contributed by atoms with Crippen molar-refractivity contribution in [3.05, 3.63) is 59.7 Å². The number of nitrogens with zero attached hydrogens (tertiary/aromatic N) is 2. The molecule has 2 rings (SSSR count). The third-order valence-electron chi connectivity index (χ3n) is 4.54. The second-order valence-electron chi connectivity index (χ2n) is 6.70. The minimum absolute atomic E-state index is 0.0982. The lowest BCUT2D eigenvalue weighted by atomic mass is 10.2. The fourth-order valence-corrected chi connectivity index (χ4v) is 4.16. The molecule has 0 spiro atoms. The molecule has 0 aromatic heterocycles. The smallest absolute Gasteiger partial charge is 0.236 e. The maximum Gasteiger partial charge on any atom is 0.236 e. The van der Waals surface area contributed by atoms with Crippen LogP contribution >= 0.6 is 0 Å². The Balaban J connectivity index is 2.06. The van der Waals surface area contributed by atoms with Gasteiger partial charge in [0.05, 0.1) is 16.3 Å². The minimum Gasteiger partial charge on any atom is -0.342 e. The summed E-state index contributed by atoms with van der Waals surface area (Å²) in [5.74, 6) is 0.0982. The predicted molar refractivity (Wildman–Crippen MR) is 107 cm³/mol. The third kappa shape index (κ3) is 5.40. The van der Waals surface area contributed by atoms with Crippen molar-refractivity contribution >= 4 is 15.7 Å². The van der Waals surface area contributed by atoms with Gasteiger partial charge >= 0.3 is 0 Å². The van der Waals surface area contributed by atoms with Gasteiger partial charge in [0, 0.05) is 19.6 Å². The molecule has 0 aliphatic heterocycles. The Hall–Kier alpha value is -2.18. The van der Waals surface area contributed by atoms with Gasteiger partial charge in [-0.05, 0) is 57.6 Å². The average molecular weight is 389 g/mol. The summed E-state index contributed by atoms with van der Waals surface area (Å²) in [6.45, 7) is 8.18. The van der Waals surface area contributed by atoms with Gasteiger partial charge in [-0.15, -0.1) is 0 Å². The first-order valence-corrected chi connectivity index (χ1v) is 10.6. The molecule has 0 heterocycles. The molecule has 0 bridgehead atoms. The van der Waals surface area contributed by atoms with Crippen LogP contribution < -0.4 is 0 Å². The Morgan fingerprint density at radius 1 is 0.889 bits per heavy atom. The van der Waals surface area contributed by atoms with Crippen LogP contribution in [-0.4, -0.2) is 50.8 Å². The Morgan fingerprint density at radius 3 is 1.85 bits per heavy atom. The average Bonchev–Trinajstić information content (AvgIpc) is 2.63. The molecule has 5 nitrogen and oxygen atoms in total. The van der Waals surface area contributed by atoms with Crippen LogP contribution in [0, 0.1) is 6.92 Å². The largest absolute Gasteiger partial charge is 0.342 e. The van der Waals surface area contributed by atoms with E-state index in [0.717, 1.165) is 11.1 Å². The van der Waals surface area contributed by atoms with Crippen molar-refractivity contribution in [3.8, 4) is 0 Å². The number of aryl methyl sites for hydroxylation is 1. The molecular formula is C21H28N2O3S. The topological polar surface area (TPSA) is 57.7 Å². The first kappa shape index (κ1) is 21.1. The zero-order valence-electron chi connectivity index (χ0n) is 16.5. The van der Waals surface area contributed by atoms with Crippen molar-refractivity contribution in [2.45, 2.75) is 37.1 Å². The van der Waals surface area contributed by atoms with Gasteiger partial charge in [0.1, 0.15) is 0 Å². The quantitative estimate of drug-likeness (QED) is 0.697. The normalized spacial score (nSPS) is 11.6. The SMILES string of the molecule is CCN(CC)C(=O)CN(C)Cc1ccc(S(=O)(=O)c2ccc(C)cc2)cc1. The molecule has 27 heavy (non-hydrogen) atoms. The molecule has 2 aromatic rings. The summed E-state index contributed by atoms with van der Waals surface area (Å²) in [6, 6.07) is 13.7. The number of carbonyl (C=O) groups excluding carboxylic acids is 1. The van der Waals surface area contributed by atoms with E-state index in [-0.39, 0.29) is 10.8 Å². The number of amides is 1. The molecule has 1 amide bonds. The molecule has 0 unspecified atom stereocenters. The van der Waals surface area contributed by atoms with E-state index < -0.39 is 9.84 Å². The molecule has 0 saturated carbocycles. The van der Waals surface area contributed by atoms with Crippen LogP contribution in [0.2, 0.25) is 0 Å². The minimum atomic E-state index is -3.51. The van der Waals surface area contributed by atoms with Crippen molar-refractivity contribution in [3.63, 3.8) is 0 Å². The summed E-state index contributed by atoms with van der Waals surface area (Å²) in [5.41, 5.74) is 1.99. The van der Waals surface area contributed by atoms with Gasteiger partial charge in [-0.3, -0.25) is 9.69 Å². The van der Waals surface area contributed by atoms with Gasteiger partial charge in [0.2, 0.25) is 15.7 Å². The Kier molecular flexibility index (Phi) is 7.16. The maximum absolute atomic E-state index is 12.7. The van der Waals surface area contributed by atoms with Crippen molar-refractivity contribution in [1.82, 2.24) is 9.80 Å². The monoisotopic (exact) mass is 388 g/mol. The Labute approximate surface area is 162 Å². The highest BCUT2D eigenvalue weighted by Crippen LogP contribution is 2.21. The van der Waals surface area contributed by atoms with Gasteiger partial charge in [-0.2, -0.15) is 0 Å². The molecule has 0 fully saturated rings. The number of benzene rings is 2. The molecule has 0 aliphatic carbocycles. The maximum atomic E-state index is 12.7. The van der Waals surface area contributed by atoms with Crippen molar-refractivity contribution in [2.75, 3.05) is 26.7 Å². The second-order valence-corrected chi connectivity index (χ2v) is 8.65. The molecular weight excluding hydrogens is 360 g/mol. The van der Waals surface area contributed by atoms with E-state index in [1.165, 1.54) is 0 Å². The van der Waals surface area contributed by atoms with Crippen LogP contribution in [0.4, 0.5) is 0 Å². The van der Waals surface area contributed by atoms with Gasteiger partial charge in [0.25, 0.3) is 0 Å². The molecule has 0 N–H and O–H groups in total. The van der Waals surface area contributed by atoms with Gasteiger partial charge < -0.3 is 4.90 Å². The molecule has 0 aliphatic rings. The van der Waals surface area contributed by atoms with E-state index in [1.54, 1.807) is 53.4 Å². The zero-order valence-corrected chi connectivity index (χ0v) is 17.3. The van der Waals surface area contributed by atoms with Crippen molar-refractivity contribution < 1.29 is 13.2 Å².